The van der Waals surface area contributed by atoms with Crippen LogP contribution in [0, 0.1) is 11.3 Å². The van der Waals surface area contributed by atoms with Gasteiger partial charge in [0.05, 0.1) is 0 Å². The van der Waals surface area contributed by atoms with Gasteiger partial charge in [0.1, 0.15) is 29.7 Å². The van der Waals surface area contributed by atoms with Gasteiger partial charge in [-0.05, 0) is 54.1 Å². The van der Waals surface area contributed by atoms with Crippen LogP contribution in [0.3, 0.4) is 0 Å². The Morgan fingerprint density at radius 2 is 1.83 bits per heavy atom. The predicted octanol–water partition coefficient (Wildman–Crippen LogP) is 5.28. The van der Waals surface area contributed by atoms with E-state index in [-0.39, 0.29) is 11.3 Å². The predicted molar refractivity (Wildman–Crippen MR) is 115 cm³/mol. The van der Waals surface area contributed by atoms with Crippen molar-refractivity contribution in [2.75, 3.05) is 5.32 Å². The number of phenols is 1. The fourth-order valence-corrected chi connectivity index (χ4v) is 2.92. The summed E-state index contributed by atoms with van der Waals surface area (Å²) in [7, 11) is 0. The normalized spacial score (nSPS) is 10.8. The Morgan fingerprint density at radius 1 is 1.10 bits per heavy atom. The number of amides is 1. The smallest absolute Gasteiger partial charge is 0.266 e. The molecular weight excluding hydrogens is 432 g/mol. The molecule has 0 atom stereocenters. The van der Waals surface area contributed by atoms with E-state index in [4.69, 9.17) is 4.74 Å². The van der Waals surface area contributed by atoms with Crippen LogP contribution in [0.1, 0.15) is 11.1 Å². The molecule has 0 spiro atoms. The first kappa shape index (κ1) is 20.2. The number of nitrogens with zero attached hydrogens (tertiary/aromatic N) is 1. The Balaban J connectivity index is 1.82. The number of anilines is 1. The molecule has 0 bridgehead atoms. The van der Waals surface area contributed by atoms with Crippen LogP contribution in [0.2, 0.25) is 0 Å². The van der Waals surface area contributed by atoms with E-state index >= 15 is 0 Å². The summed E-state index contributed by atoms with van der Waals surface area (Å²) in [4.78, 5) is 12.5. The van der Waals surface area contributed by atoms with E-state index in [0.29, 0.717) is 23.6 Å². The summed E-state index contributed by atoms with van der Waals surface area (Å²) in [6.45, 7) is 0.366. The molecule has 0 aliphatic heterocycles. The molecule has 0 aromatic heterocycles. The molecule has 0 radical (unpaired) electrons. The maximum atomic E-state index is 12.5. The SMILES string of the molecule is N#C/C(=C\c1cc(Br)ccc1OCc1ccccc1)C(=O)Nc1ccc(O)cc1. The number of halogens is 1. The third kappa shape index (κ3) is 5.71. The van der Waals surface area contributed by atoms with E-state index in [1.807, 2.05) is 42.5 Å². The molecule has 6 heteroatoms. The number of hydrogen-bond donors (Lipinski definition) is 2. The first-order chi connectivity index (χ1) is 14.0. The lowest BCUT2D eigenvalue weighted by atomic mass is 10.1. The zero-order valence-corrected chi connectivity index (χ0v) is 16.9. The first-order valence-corrected chi connectivity index (χ1v) is 9.53. The number of ether oxygens (including phenoxy) is 1. The van der Waals surface area contributed by atoms with Crippen LogP contribution >= 0.6 is 15.9 Å². The first-order valence-electron chi connectivity index (χ1n) is 8.73. The van der Waals surface area contributed by atoms with Crippen LogP contribution in [0.25, 0.3) is 6.08 Å². The van der Waals surface area contributed by atoms with Gasteiger partial charge in [-0.1, -0.05) is 46.3 Å². The summed E-state index contributed by atoms with van der Waals surface area (Å²) in [5.41, 5.74) is 2.02. The third-order valence-corrected chi connectivity index (χ3v) is 4.49. The molecule has 0 saturated carbocycles. The molecule has 144 valence electrons. The minimum atomic E-state index is -0.549. The summed E-state index contributed by atoms with van der Waals surface area (Å²) in [5.74, 6) is 0.0998. The molecule has 3 aromatic rings. The van der Waals surface area contributed by atoms with E-state index in [2.05, 4.69) is 21.2 Å². The van der Waals surface area contributed by atoms with Gasteiger partial charge >= 0.3 is 0 Å². The fraction of sp³-hybridized carbons (Fsp3) is 0.0435. The summed E-state index contributed by atoms with van der Waals surface area (Å²) >= 11 is 3.41. The molecule has 0 heterocycles. The van der Waals surface area contributed by atoms with Gasteiger partial charge in [-0.25, -0.2) is 0 Å². The molecule has 0 saturated heterocycles. The minimum absolute atomic E-state index is 0.0688. The van der Waals surface area contributed by atoms with Crippen LogP contribution in [0.15, 0.2) is 82.8 Å². The number of rotatable bonds is 6. The summed E-state index contributed by atoms with van der Waals surface area (Å²) < 4.78 is 6.70. The number of aromatic hydroxyl groups is 1. The average molecular weight is 449 g/mol. The van der Waals surface area contributed by atoms with Crippen LogP contribution < -0.4 is 10.1 Å². The minimum Gasteiger partial charge on any atom is -0.508 e. The van der Waals surface area contributed by atoms with E-state index in [1.165, 1.54) is 18.2 Å². The van der Waals surface area contributed by atoms with E-state index in [0.717, 1.165) is 10.0 Å². The van der Waals surface area contributed by atoms with E-state index < -0.39 is 5.91 Å². The van der Waals surface area contributed by atoms with Gasteiger partial charge < -0.3 is 15.2 Å². The lowest BCUT2D eigenvalue weighted by Crippen LogP contribution is -2.13. The number of benzene rings is 3. The molecule has 0 unspecified atom stereocenters. The lowest BCUT2D eigenvalue weighted by Gasteiger charge is -2.11. The topological polar surface area (TPSA) is 82.3 Å². The maximum Gasteiger partial charge on any atom is 0.266 e. The van der Waals surface area contributed by atoms with Crippen molar-refractivity contribution in [2.24, 2.45) is 0 Å². The number of nitrogens with one attached hydrogen (secondary N) is 1. The highest BCUT2D eigenvalue weighted by Gasteiger charge is 2.12. The molecule has 0 fully saturated rings. The second-order valence-corrected chi connectivity index (χ2v) is 7.04. The molecule has 3 aromatic carbocycles. The second kappa shape index (κ2) is 9.58. The number of carbonyl (C=O) groups is 1. The largest absolute Gasteiger partial charge is 0.508 e. The monoisotopic (exact) mass is 448 g/mol. The lowest BCUT2D eigenvalue weighted by molar-refractivity contribution is -0.112. The molecule has 2 N–H and O–H groups in total. The Morgan fingerprint density at radius 3 is 2.52 bits per heavy atom. The van der Waals surface area contributed by atoms with Crippen molar-refractivity contribution in [3.05, 3.63) is 94.0 Å². The van der Waals surface area contributed by atoms with E-state index in [9.17, 15) is 15.2 Å². The van der Waals surface area contributed by atoms with E-state index in [1.54, 1.807) is 24.3 Å². The zero-order chi connectivity index (χ0) is 20.6. The maximum absolute atomic E-state index is 12.5. The van der Waals surface area contributed by atoms with Crippen LogP contribution in [0.4, 0.5) is 5.69 Å². The second-order valence-electron chi connectivity index (χ2n) is 6.13. The highest BCUT2D eigenvalue weighted by atomic mass is 79.9. The summed E-state index contributed by atoms with van der Waals surface area (Å²) in [6, 6.07) is 23.1. The van der Waals surface area contributed by atoms with Crippen LogP contribution in [-0.4, -0.2) is 11.0 Å². The van der Waals surface area contributed by atoms with Gasteiger partial charge in [0.15, 0.2) is 0 Å². The average Bonchev–Trinajstić information content (AvgIpc) is 2.73. The van der Waals surface area contributed by atoms with Gasteiger partial charge in [0.25, 0.3) is 5.91 Å². The van der Waals surface area contributed by atoms with Crippen molar-refractivity contribution >= 4 is 33.6 Å². The Bertz CT molecular complexity index is 1070. The Hall–Kier alpha value is -3.56. The molecule has 0 aliphatic carbocycles. The van der Waals surface area contributed by atoms with Gasteiger partial charge in [-0.15, -0.1) is 0 Å². The molecule has 0 aliphatic rings. The van der Waals surface area contributed by atoms with Crippen molar-refractivity contribution in [1.29, 1.82) is 5.26 Å². The fourth-order valence-electron chi connectivity index (χ4n) is 2.55. The quantitative estimate of drug-likeness (QED) is 0.305. The number of nitriles is 1. The highest BCUT2D eigenvalue weighted by molar-refractivity contribution is 9.10. The highest BCUT2D eigenvalue weighted by Crippen LogP contribution is 2.27. The van der Waals surface area contributed by atoms with Gasteiger partial charge in [0.2, 0.25) is 0 Å². The standard InChI is InChI=1S/C23H17BrN2O3/c24-19-6-11-22(29-15-16-4-2-1-3-5-16)17(13-19)12-18(14-25)23(28)26-20-7-9-21(27)10-8-20/h1-13,27H,15H2,(H,26,28)/b18-12+. The van der Waals surface area contributed by atoms with Crippen LogP contribution in [0.5, 0.6) is 11.5 Å². The Labute approximate surface area is 177 Å². The molecule has 3 rings (SSSR count). The third-order valence-electron chi connectivity index (χ3n) is 4.00. The molecule has 29 heavy (non-hydrogen) atoms. The number of hydrogen-bond acceptors (Lipinski definition) is 4. The van der Waals surface area contributed by atoms with Crippen LogP contribution in [-0.2, 0) is 11.4 Å². The van der Waals surface area contributed by atoms with Gasteiger partial charge in [-0.2, -0.15) is 5.26 Å². The van der Waals surface area contributed by atoms with Crippen molar-refractivity contribution in [1.82, 2.24) is 0 Å². The van der Waals surface area contributed by atoms with Crippen molar-refractivity contribution in [3.8, 4) is 17.6 Å². The van der Waals surface area contributed by atoms with Crippen molar-refractivity contribution in [2.45, 2.75) is 6.61 Å². The summed E-state index contributed by atoms with van der Waals surface area (Å²) in [5, 5.41) is 21.5. The van der Waals surface area contributed by atoms with Crippen molar-refractivity contribution in [3.63, 3.8) is 0 Å². The molecule has 5 nitrogen and oxygen atoms in total. The van der Waals surface area contributed by atoms with Gasteiger partial charge in [0, 0.05) is 15.7 Å². The molecular formula is C23H17BrN2O3. The molecule has 1 amide bonds. The van der Waals surface area contributed by atoms with Gasteiger partial charge in [-0.3, -0.25) is 4.79 Å². The number of phenolic OH excluding ortho intramolecular Hbond substituents is 1. The van der Waals surface area contributed by atoms with Crippen molar-refractivity contribution < 1.29 is 14.6 Å². The summed E-state index contributed by atoms with van der Waals surface area (Å²) in [6.07, 6.45) is 1.49. The number of carbonyl (C=O) groups excluding carboxylic acids is 1. The Kier molecular flexibility index (Phi) is 6.67. The zero-order valence-electron chi connectivity index (χ0n) is 15.3.